The van der Waals surface area contributed by atoms with Crippen LogP contribution in [0.3, 0.4) is 0 Å². The Morgan fingerprint density at radius 1 is 1.14 bits per heavy atom. The lowest BCUT2D eigenvalue weighted by molar-refractivity contribution is 0.112. The van der Waals surface area contributed by atoms with Crippen molar-refractivity contribution in [3.05, 3.63) is 59.4 Å². The molecule has 0 atom stereocenters. The molecule has 0 radical (unpaired) electrons. The van der Waals surface area contributed by atoms with Crippen LogP contribution in [-0.4, -0.2) is 6.29 Å². The van der Waals surface area contributed by atoms with Crippen molar-refractivity contribution in [2.75, 3.05) is 0 Å². The van der Waals surface area contributed by atoms with Crippen LogP contribution in [0.2, 0.25) is 0 Å². The molecule has 2 rings (SSSR count). The van der Waals surface area contributed by atoms with Crippen molar-refractivity contribution < 1.29 is 13.9 Å². The first kappa shape index (κ1) is 15.2. The van der Waals surface area contributed by atoms with Gasteiger partial charge in [-0.25, -0.2) is 4.39 Å². The minimum Gasteiger partial charge on any atom is -0.457 e. The Bertz CT molecular complexity index is 630. The highest BCUT2D eigenvalue weighted by molar-refractivity contribution is 5.79. The Morgan fingerprint density at radius 2 is 1.81 bits per heavy atom. The quantitative estimate of drug-likeness (QED) is 0.713. The summed E-state index contributed by atoms with van der Waals surface area (Å²) >= 11 is 0. The molecule has 0 N–H and O–H groups in total. The molecule has 2 aromatic carbocycles. The minimum absolute atomic E-state index is 0.113. The second kappa shape index (κ2) is 6.08. The van der Waals surface area contributed by atoms with Crippen LogP contribution in [0, 0.1) is 5.82 Å². The normalized spacial score (nSPS) is 11.2. The molecule has 0 spiro atoms. The molecule has 0 aliphatic heterocycles. The third-order valence-corrected chi connectivity index (χ3v) is 3.85. The number of benzene rings is 2. The first-order chi connectivity index (χ1) is 9.96. The lowest BCUT2D eigenvalue weighted by atomic mass is 9.82. The maximum Gasteiger partial charge on any atom is 0.153 e. The predicted octanol–water partition coefficient (Wildman–Crippen LogP) is 5.12. The zero-order valence-corrected chi connectivity index (χ0v) is 12.5. The van der Waals surface area contributed by atoms with Gasteiger partial charge in [0.2, 0.25) is 0 Å². The molecular weight excluding hydrogens is 267 g/mol. The minimum atomic E-state index is -0.454. The van der Waals surface area contributed by atoms with Gasteiger partial charge in [-0.15, -0.1) is 0 Å². The van der Waals surface area contributed by atoms with Crippen molar-refractivity contribution in [1.82, 2.24) is 0 Å². The largest absolute Gasteiger partial charge is 0.457 e. The van der Waals surface area contributed by atoms with E-state index in [-0.39, 0.29) is 11.0 Å². The fourth-order valence-corrected chi connectivity index (χ4v) is 2.01. The van der Waals surface area contributed by atoms with E-state index < -0.39 is 5.82 Å². The number of hydrogen-bond acceptors (Lipinski definition) is 2. The number of aldehydes is 1. The number of ether oxygens (including phenoxy) is 1. The predicted molar refractivity (Wildman–Crippen MR) is 81.6 cm³/mol. The van der Waals surface area contributed by atoms with Crippen molar-refractivity contribution in [3.8, 4) is 11.5 Å². The van der Waals surface area contributed by atoms with E-state index in [2.05, 4.69) is 20.8 Å². The molecule has 3 heteroatoms. The van der Waals surface area contributed by atoms with Crippen LogP contribution in [0.1, 0.15) is 43.1 Å². The molecule has 0 amide bonds. The molecule has 0 saturated carbocycles. The smallest absolute Gasteiger partial charge is 0.153 e. The maximum absolute atomic E-state index is 13.1. The van der Waals surface area contributed by atoms with Gasteiger partial charge in [-0.3, -0.25) is 4.79 Å². The van der Waals surface area contributed by atoms with Gasteiger partial charge in [0.25, 0.3) is 0 Å². The molecule has 0 saturated heterocycles. The summed E-state index contributed by atoms with van der Waals surface area (Å²) in [4.78, 5) is 10.9. The van der Waals surface area contributed by atoms with Gasteiger partial charge >= 0.3 is 0 Å². The molecular formula is C18H19FO2. The van der Waals surface area contributed by atoms with Gasteiger partial charge in [0.15, 0.2) is 6.29 Å². The van der Waals surface area contributed by atoms with Crippen molar-refractivity contribution in [2.45, 2.75) is 32.6 Å². The summed E-state index contributed by atoms with van der Waals surface area (Å²) in [7, 11) is 0. The highest BCUT2D eigenvalue weighted by atomic mass is 19.1. The van der Waals surface area contributed by atoms with Gasteiger partial charge in [0.05, 0.1) is 5.56 Å². The Balaban J connectivity index is 2.23. The second-order valence-corrected chi connectivity index (χ2v) is 5.66. The van der Waals surface area contributed by atoms with Crippen molar-refractivity contribution in [3.63, 3.8) is 0 Å². The molecule has 110 valence electrons. The van der Waals surface area contributed by atoms with Gasteiger partial charge < -0.3 is 4.74 Å². The van der Waals surface area contributed by atoms with E-state index >= 15 is 0 Å². The van der Waals surface area contributed by atoms with Crippen LogP contribution >= 0.6 is 0 Å². The third kappa shape index (κ3) is 3.48. The van der Waals surface area contributed by atoms with E-state index in [0.717, 1.165) is 12.5 Å². The molecule has 0 heterocycles. The molecule has 0 fully saturated rings. The maximum atomic E-state index is 13.1. The Morgan fingerprint density at radius 3 is 2.38 bits per heavy atom. The van der Waals surface area contributed by atoms with E-state index in [1.807, 2.05) is 24.3 Å². The fourth-order valence-electron chi connectivity index (χ4n) is 2.01. The zero-order chi connectivity index (χ0) is 15.5. The van der Waals surface area contributed by atoms with E-state index in [9.17, 15) is 9.18 Å². The molecule has 0 unspecified atom stereocenters. The Kier molecular flexibility index (Phi) is 4.41. The fraction of sp³-hybridized carbons (Fsp3) is 0.278. The Labute approximate surface area is 124 Å². The number of carbonyl (C=O) groups is 1. The molecule has 21 heavy (non-hydrogen) atoms. The van der Waals surface area contributed by atoms with Crippen LogP contribution in [-0.2, 0) is 5.41 Å². The van der Waals surface area contributed by atoms with Crippen molar-refractivity contribution >= 4 is 6.29 Å². The number of halogens is 1. The average Bonchev–Trinajstić information content (AvgIpc) is 2.49. The Hall–Kier alpha value is -2.16. The van der Waals surface area contributed by atoms with Crippen molar-refractivity contribution in [2.24, 2.45) is 0 Å². The van der Waals surface area contributed by atoms with Crippen LogP contribution in [0.5, 0.6) is 11.5 Å². The summed E-state index contributed by atoms with van der Waals surface area (Å²) in [6.07, 6.45) is 1.63. The molecule has 2 nitrogen and oxygen atoms in total. The van der Waals surface area contributed by atoms with Crippen LogP contribution in [0.4, 0.5) is 4.39 Å². The third-order valence-electron chi connectivity index (χ3n) is 3.85. The summed E-state index contributed by atoms with van der Waals surface area (Å²) in [6, 6.07) is 11.7. The first-order valence-electron chi connectivity index (χ1n) is 6.99. The van der Waals surface area contributed by atoms with E-state index in [1.165, 1.54) is 17.7 Å². The van der Waals surface area contributed by atoms with E-state index in [1.54, 1.807) is 0 Å². The van der Waals surface area contributed by atoms with Gasteiger partial charge in [-0.2, -0.15) is 0 Å². The SMILES string of the molecule is CCC(C)(C)c1ccc(Oc2ccc(F)cc2C=O)cc1. The second-order valence-electron chi connectivity index (χ2n) is 5.66. The molecule has 0 aliphatic rings. The van der Waals surface area contributed by atoms with Gasteiger partial charge in [0.1, 0.15) is 17.3 Å². The van der Waals surface area contributed by atoms with E-state index in [0.29, 0.717) is 17.8 Å². The summed E-state index contributed by atoms with van der Waals surface area (Å²) < 4.78 is 18.7. The van der Waals surface area contributed by atoms with Gasteiger partial charge in [-0.05, 0) is 47.7 Å². The van der Waals surface area contributed by atoms with Gasteiger partial charge in [-0.1, -0.05) is 32.9 Å². The molecule has 0 aliphatic carbocycles. The van der Waals surface area contributed by atoms with Crippen LogP contribution in [0.25, 0.3) is 0 Å². The van der Waals surface area contributed by atoms with E-state index in [4.69, 9.17) is 4.74 Å². The standard InChI is InChI=1S/C18H19FO2/c1-4-18(2,3)14-5-8-16(9-6-14)21-17-10-7-15(19)11-13(17)12-20/h5-12H,4H2,1-3H3. The van der Waals surface area contributed by atoms with Crippen molar-refractivity contribution in [1.29, 1.82) is 0 Å². The zero-order valence-electron chi connectivity index (χ0n) is 12.5. The average molecular weight is 286 g/mol. The lowest BCUT2D eigenvalue weighted by Gasteiger charge is -2.23. The number of rotatable bonds is 5. The number of hydrogen-bond donors (Lipinski definition) is 0. The number of carbonyl (C=O) groups excluding carboxylic acids is 1. The highest BCUT2D eigenvalue weighted by Gasteiger charge is 2.17. The lowest BCUT2D eigenvalue weighted by Crippen LogP contribution is -2.14. The molecule has 2 aromatic rings. The summed E-state index contributed by atoms with van der Waals surface area (Å²) in [5.41, 5.74) is 1.54. The highest BCUT2D eigenvalue weighted by Crippen LogP contribution is 2.30. The summed E-state index contributed by atoms with van der Waals surface area (Å²) in [5, 5.41) is 0. The monoisotopic (exact) mass is 286 g/mol. The van der Waals surface area contributed by atoms with Crippen LogP contribution < -0.4 is 4.74 Å². The topological polar surface area (TPSA) is 26.3 Å². The molecule has 0 aromatic heterocycles. The van der Waals surface area contributed by atoms with Crippen LogP contribution in [0.15, 0.2) is 42.5 Å². The first-order valence-corrected chi connectivity index (χ1v) is 6.99. The summed E-state index contributed by atoms with van der Waals surface area (Å²) in [6.45, 7) is 6.53. The van der Waals surface area contributed by atoms with Gasteiger partial charge in [0, 0.05) is 0 Å². The summed E-state index contributed by atoms with van der Waals surface area (Å²) in [5.74, 6) is 0.527. The molecule has 0 bridgehead atoms.